The van der Waals surface area contributed by atoms with E-state index in [0.29, 0.717) is 35.5 Å². The van der Waals surface area contributed by atoms with Crippen molar-refractivity contribution in [3.8, 4) is 0 Å². The highest BCUT2D eigenvalue weighted by Crippen LogP contribution is 2.30. The van der Waals surface area contributed by atoms with E-state index in [0.717, 1.165) is 29.7 Å². The summed E-state index contributed by atoms with van der Waals surface area (Å²) in [7, 11) is 0. The number of hydrogen-bond donors (Lipinski definition) is 1. The zero-order valence-electron chi connectivity index (χ0n) is 18.8. The van der Waals surface area contributed by atoms with Gasteiger partial charge in [0.05, 0.1) is 12.2 Å². The van der Waals surface area contributed by atoms with Gasteiger partial charge in [0.15, 0.2) is 0 Å². The van der Waals surface area contributed by atoms with Crippen molar-refractivity contribution in [1.82, 2.24) is 0 Å². The van der Waals surface area contributed by atoms with Crippen LogP contribution in [0.25, 0.3) is 0 Å². The molecule has 0 atom stereocenters. The van der Waals surface area contributed by atoms with E-state index in [4.69, 9.17) is 4.74 Å². The smallest absolute Gasteiger partial charge is 0.338 e. The number of nitrogens with one attached hydrogen (secondary N) is 1. The number of anilines is 2. The predicted molar refractivity (Wildman–Crippen MR) is 128 cm³/mol. The number of rotatable bonds is 5. The molecule has 3 aromatic carbocycles. The maximum atomic E-state index is 13.1. The minimum Gasteiger partial charge on any atom is -0.462 e. The average molecular weight is 443 g/mol. The zero-order valence-corrected chi connectivity index (χ0v) is 18.8. The zero-order chi connectivity index (χ0) is 23.4. The molecule has 2 amide bonds. The lowest BCUT2D eigenvalue weighted by Gasteiger charge is -2.30. The minimum atomic E-state index is -0.394. The van der Waals surface area contributed by atoms with Crippen molar-refractivity contribution in [3.63, 3.8) is 0 Å². The topological polar surface area (TPSA) is 75.7 Å². The maximum absolute atomic E-state index is 13.1. The van der Waals surface area contributed by atoms with Crippen molar-refractivity contribution in [2.24, 2.45) is 0 Å². The molecular weight excluding hydrogens is 416 g/mol. The van der Waals surface area contributed by atoms with Crippen molar-refractivity contribution in [2.45, 2.75) is 26.7 Å². The number of aryl methyl sites for hydroxylation is 2. The molecule has 0 radical (unpaired) electrons. The van der Waals surface area contributed by atoms with Crippen LogP contribution in [-0.4, -0.2) is 30.9 Å². The third kappa shape index (κ3) is 4.95. The van der Waals surface area contributed by atoms with E-state index in [1.165, 1.54) is 0 Å². The monoisotopic (exact) mass is 442 g/mol. The van der Waals surface area contributed by atoms with Gasteiger partial charge in [0, 0.05) is 29.0 Å². The summed E-state index contributed by atoms with van der Waals surface area (Å²) in [5, 5.41) is 2.86. The van der Waals surface area contributed by atoms with Gasteiger partial charge in [-0.1, -0.05) is 17.7 Å². The van der Waals surface area contributed by atoms with E-state index < -0.39 is 5.97 Å². The number of benzene rings is 3. The van der Waals surface area contributed by atoms with Gasteiger partial charge in [-0.05, 0) is 86.8 Å². The largest absolute Gasteiger partial charge is 0.462 e. The van der Waals surface area contributed by atoms with Gasteiger partial charge in [0.2, 0.25) is 0 Å². The van der Waals surface area contributed by atoms with Crippen LogP contribution in [-0.2, 0) is 11.2 Å². The van der Waals surface area contributed by atoms with Crippen molar-refractivity contribution < 1.29 is 19.1 Å². The molecule has 0 fully saturated rings. The molecule has 0 bridgehead atoms. The minimum absolute atomic E-state index is 0.0291. The normalized spacial score (nSPS) is 12.6. The van der Waals surface area contributed by atoms with Crippen LogP contribution >= 0.6 is 0 Å². The van der Waals surface area contributed by atoms with E-state index in [1.54, 1.807) is 42.2 Å². The van der Waals surface area contributed by atoms with Crippen LogP contribution < -0.4 is 10.2 Å². The van der Waals surface area contributed by atoms with Gasteiger partial charge in [-0.2, -0.15) is 0 Å². The van der Waals surface area contributed by atoms with Crippen LogP contribution in [0.4, 0.5) is 11.4 Å². The number of amides is 2. The average Bonchev–Trinajstić information content (AvgIpc) is 2.83. The highest BCUT2D eigenvalue weighted by Gasteiger charge is 2.24. The summed E-state index contributed by atoms with van der Waals surface area (Å²) >= 11 is 0. The number of esters is 1. The van der Waals surface area contributed by atoms with Crippen molar-refractivity contribution in [2.75, 3.05) is 23.4 Å². The Bertz CT molecular complexity index is 1200. The SMILES string of the molecule is CCOC(=O)c1ccc(NC(=O)c2ccc3c(c2)CCCN3C(=O)c2cccc(C)c2)cc1. The molecule has 1 N–H and O–H groups in total. The Balaban J connectivity index is 1.50. The van der Waals surface area contributed by atoms with Crippen molar-refractivity contribution in [1.29, 1.82) is 0 Å². The fourth-order valence-electron chi connectivity index (χ4n) is 3.99. The van der Waals surface area contributed by atoms with E-state index in [-0.39, 0.29) is 11.8 Å². The lowest BCUT2D eigenvalue weighted by atomic mass is 9.98. The van der Waals surface area contributed by atoms with Gasteiger partial charge in [-0.15, -0.1) is 0 Å². The highest BCUT2D eigenvalue weighted by atomic mass is 16.5. The Kier molecular flexibility index (Phi) is 6.54. The molecule has 0 saturated carbocycles. The Morgan fingerprint density at radius 3 is 2.42 bits per heavy atom. The van der Waals surface area contributed by atoms with Gasteiger partial charge in [-0.25, -0.2) is 4.79 Å². The molecule has 0 unspecified atom stereocenters. The summed E-state index contributed by atoms with van der Waals surface area (Å²) in [6, 6.07) is 19.6. The summed E-state index contributed by atoms with van der Waals surface area (Å²) in [5.74, 6) is -0.669. The first-order valence-corrected chi connectivity index (χ1v) is 11.1. The van der Waals surface area contributed by atoms with E-state index in [1.807, 2.05) is 43.3 Å². The van der Waals surface area contributed by atoms with Crippen molar-refractivity contribution in [3.05, 3.63) is 94.5 Å². The molecule has 6 heteroatoms. The van der Waals surface area contributed by atoms with E-state index >= 15 is 0 Å². The Labute approximate surface area is 193 Å². The number of carbonyl (C=O) groups is 3. The van der Waals surface area contributed by atoms with Crippen LogP contribution in [0.2, 0.25) is 0 Å². The summed E-state index contributed by atoms with van der Waals surface area (Å²) in [5.41, 5.74) is 5.07. The molecule has 6 nitrogen and oxygen atoms in total. The quantitative estimate of drug-likeness (QED) is 0.563. The molecular formula is C27H26N2O4. The number of fused-ring (bicyclic) bond motifs is 1. The third-order valence-electron chi connectivity index (χ3n) is 5.62. The molecule has 0 spiro atoms. The Hall–Kier alpha value is -3.93. The molecule has 168 valence electrons. The molecule has 33 heavy (non-hydrogen) atoms. The standard InChI is InChI=1S/C27H26N2O4/c1-3-33-27(32)19-9-12-23(13-10-19)28-25(30)21-11-14-24-20(17-21)8-5-15-29(24)26(31)22-7-4-6-18(2)16-22/h4,6-7,9-14,16-17H,3,5,8,15H2,1-2H3,(H,28,30). The molecule has 0 saturated heterocycles. The Morgan fingerprint density at radius 1 is 0.939 bits per heavy atom. The maximum Gasteiger partial charge on any atom is 0.338 e. The summed E-state index contributed by atoms with van der Waals surface area (Å²) in [6.07, 6.45) is 1.65. The van der Waals surface area contributed by atoms with Gasteiger partial charge in [0.1, 0.15) is 0 Å². The molecule has 4 rings (SSSR count). The van der Waals surface area contributed by atoms with Crippen LogP contribution in [0.15, 0.2) is 66.7 Å². The summed E-state index contributed by atoms with van der Waals surface area (Å²) in [4.78, 5) is 39.5. The van der Waals surface area contributed by atoms with E-state index in [2.05, 4.69) is 5.32 Å². The second-order valence-electron chi connectivity index (χ2n) is 8.03. The fourth-order valence-corrected chi connectivity index (χ4v) is 3.99. The lowest BCUT2D eigenvalue weighted by Crippen LogP contribution is -2.35. The van der Waals surface area contributed by atoms with Crippen LogP contribution in [0.5, 0.6) is 0 Å². The fraction of sp³-hybridized carbons (Fsp3) is 0.222. The molecule has 1 aliphatic heterocycles. The van der Waals surface area contributed by atoms with Crippen LogP contribution in [0, 0.1) is 6.92 Å². The van der Waals surface area contributed by atoms with E-state index in [9.17, 15) is 14.4 Å². The molecule has 3 aromatic rings. The molecule has 1 aliphatic rings. The molecule has 0 aromatic heterocycles. The van der Waals surface area contributed by atoms with Gasteiger partial charge < -0.3 is 15.0 Å². The molecule has 1 heterocycles. The lowest BCUT2D eigenvalue weighted by molar-refractivity contribution is 0.0526. The van der Waals surface area contributed by atoms with Crippen molar-refractivity contribution >= 4 is 29.2 Å². The predicted octanol–water partition coefficient (Wildman–Crippen LogP) is 5.02. The van der Waals surface area contributed by atoms with Crippen LogP contribution in [0.1, 0.15) is 55.5 Å². The first-order chi connectivity index (χ1) is 16.0. The first-order valence-electron chi connectivity index (χ1n) is 11.1. The summed E-state index contributed by atoms with van der Waals surface area (Å²) < 4.78 is 4.98. The first kappa shape index (κ1) is 22.3. The van der Waals surface area contributed by atoms with Gasteiger partial charge in [0.25, 0.3) is 11.8 Å². The second kappa shape index (κ2) is 9.69. The Morgan fingerprint density at radius 2 is 1.70 bits per heavy atom. The number of carbonyl (C=O) groups excluding carboxylic acids is 3. The van der Waals surface area contributed by atoms with Crippen LogP contribution in [0.3, 0.4) is 0 Å². The second-order valence-corrected chi connectivity index (χ2v) is 8.03. The van der Waals surface area contributed by atoms with Gasteiger partial charge in [-0.3, -0.25) is 9.59 Å². The third-order valence-corrected chi connectivity index (χ3v) is 5.62. The number of hydrogen-bond acceptors (Lipinski definition) is 4. The molecule has 0 aliphatic carbocycles. The summed E-state index contributed by atoms with van der Waals surface area (Å²) in [6.45, 7) is 4.68. The number of ether oxygens (including phenoxy) is 1. The van der Waals surface area contributed by atoms with Gasteiger partial charge >= 0.3 is 5.97 Å². The number of nitrogens with zero attached hydrogens (tertiary/aromatic N) is 1. The highest BCUT2D eigenvalue weighted by molar-refractivity contribution is 6.08.